The number of pyridine rings is 1. The van der Waals surface area contributed by atoms with Crippen LogP contribution in [0.25, 0.3) is 22.3 Å². The van der Waals surface area contributed by atoms with Crippen molar-refractivity contribution < 1.29 is 4.39 Å². The predicted octanol–water partition coefficient (Wildman–Crippen LogP) is 3.23. The van der Waals surface area contributed by atoms with Gasteiger partial charge >= 0.3 is 0 Å². The van der Waals surface area contributed by atoms with Gasteiger partial charge in [0.2, 0.25) is 0 Å². The van der Waals surface area contributed by atoms with Gasteiger partial charge in [-0.25, -0.2) is 14.4 Å². The Hall–Kier alpha value is -3.68. The molecule has 1 aliphatic rings. The van der Waals surface area contributed by atoms with Gasteiger partial charge in [-0.3, -0.25) is 15.1 Å². The van der Waals surface area contributed by atoms with Gasteiger partial charge in [0.15, 0.2) is 5.65 Å². The second-order valence-corrected chi connectivity index (χ2v) is 5.89. The van der Waals surface area contributed by atoms with Gasteiger partial charge in [-0.1, -0.05) is 0 Å². The number of halogens is 1. The maximum Gasteiger partial charge on any atom is 0.186 e. The molecule has 4 heterocycles. The molecule has 2 N–H and O–H groups in total. The Morgan fingerprint density at radius 3 is 3.04 bits per heavy atom. The van der Waals surface area contributed by atoms with E-state index in [9.17, 15) is 4.39 Å². The van der Waals surface area contributed by atoms with Crippen LogP contribution in [0.15, 0.2) is 48.0 Å². The van der Waals surface area contributed by atoms with Crippen LogP contribution in [0.1, 0.15) is 11.1 Å². The van der Waals surface area contributed by atoms with Gasteiger partial charge in [-0.15, -0.1) is 0 Å². The number of nitrogens with zero attached hydrogens (tertiary/aromatic N) is 5. The highest BCUT2D eigenvalue weighted by atomic mass is 19.1. The van der Waals surface area contributed by atoms with Crippen molar-refractivity contribution in [1.29, 1.82) is 0 Å². The number of fused-ring (bicyclic) bond motifs is 2. The highest BCUT2D eigenvalue weighted by molar-refractivity contribution is 5.99. The Labute approximate surface area is 147 Å². The molecule has 126 valence electrons. The van der Waals surface area contributed by atoms with Crippen LogP contribution in [-0.4, -0.2) is 31.4 Å². The zero-order valence-corrected chi connectivity index (χ0v) is 13.4. The number of anilines is 2. The van der Waals surface area contributed by atoms with E-state index in [1.165, 1.54) is 12.4 Å². The van der Waals surface area contributed by atoms with E-state index < -0.39 is 0 Å². The molecular weight excluding hydrogens is 333 g/mol. The molecule has 26 heavy (non-hydrogen) atoms. The Bertz CT molecular complexity index is 1150. The first kappa shape index (κ1) is 14.6. The first-order chi connectivity index (χ1) is 12.8. The molecule has 0 bridgehead atoms. The number of nitrogens with one attached hydrogen (secondary N) is 2. The first-order valence-electron chi connectivity index (χ1n) is 7.98. The second kappa shape index (κ2) is 5.69. The fraction of sp³-hybridized carbons (Fsp3) is 0.0556. The van der Waals surface area contributed by atoms with Crippen molar-refractivity contribution in [2.45, 2.75) is 6.54 Å². The van der Waals surface area contributed by atoms with Crippen molar-refractivity contribution >= 4 is 28.8 Å². The van der Waals surface area contributed by atoms with Crippen molar-refractivity contribution in [2.75, 3.05) is 5.32 Å². The maximum atomic E-state index is 14.5. The van der Waals surface area contributed by atoms with Crippen LogP contribution in [-0.2, 0) is 6.54 Å². The predicted molar refractivity (Wildman–Crippen MR) is 95.9 cm³/mol. The van der Waals surface area contributed by atoms with Crippen LogP contribution in [0, 0.1) is 5.82 Å². The number of hydrogen-bond acceptors (Lipinski definition) is 6. The minimum atomic E-state index is -0.354. The molecule has 1 aromatic carbocycles. The van der Waals surface area contributed by atoms with Gasteiger partial charge in [0, 0.05) is 24.2 Å². The fourth-order valence-corrected chi connectivity index (χ4v) is 3.02. The summed E-state index contributed by atoms with van der Waals surface area (Å²) in [5.74, 6) is 0.115. The molecule has 0 fully saturated rings. The minimum Gasteiger partial charge on any atom is -0.337 e. The third-order valence-corrected chi connectivity index (χ3v) is 4.28. The van der Waals surface area contributed by atoms with Crippen LogP contribution in [0.5, 0.6) is 0 Å². The molecule has 0 spiro atoms. The number of benzene rings is 1. The summed E-state index contributed by atoms with van der Waals surface area (Å²) in [5.41, 5.74) is 4.16. The Balaban J connectivity index is 1.64. The fourth-order valence-electron chi connectivity index (χ4n) is 3.02. The molecule has 0 amide bonds. The highest BCUT2D eigenvalue weighted by Gasteiger charge is 2.17. The van der Waals surface area contributed by atoms with Gasteiger partial charge in [0.05, 0.1) is 23.3 Å². The van der Waals surface area contributed by atoms with Crippen LogP contribution in [0.3, 0.4) is 0 Å². The first-order valence-corrected chi connectivity index (χ1v) is 7.98. The van der Waals surface area contributed by atoms with Gasteiger partial charge < -0.3 is 5.32 Å². The maximum absolute atomic E-state index is 14.5. The molecule has 0 aliphatic carbocycles. The van der Waals surface area contributed by atoms with Crippen LogP contribution < -0.4 is 5.32 Å². The van der Waals surface area contributed by atoms with Gasteiger partial charge in [-0.2, -0.15) is 5.10 Å². The van der Waals surface area contributed by atoms with E-state index in [0.717, 1.165) is 22.4 Å². The number of aliphatic imine (C=N–C) groups is 1. The van der Waals surface area contributed by atoms with E-state index in [4.69, 9.17) is 0 Å². The molecule has 0 saturated heterocycles. The average molecular weight is 345 g/mol. The van der Waals surface area contributed by atoms with Crippen molar-refractivity contribution in [1.82, 2.24) is 25.1 Å². The molecule has 0 saturated carbocycles. The van der Waals surface area contributed by atoms with Crippen molar-refractivity contribution in [2.24, 2.45) is 4.99 Å². The lowest BCUT2D eigenvalue weighted by molar-refractivity contribution is 0.630. The van der Waals surface area contributed by atoms with E-state index in [1.54, 1.807) is 24.7 Å². The quantitative estimate of drug-likeness (QED) is 0.595. The lowest BCUT2D eigenvalue weighted by Crippen LogP contribution is -2.00. The standard InChI is InChI=1S/C18H12FN7/c19-13-4-11-7-21-8-12(11)5-14(13)24-17-15-16(10-2-1-3-20-6-10)25-26-18(15)23-9-22-17/h1-6,8-9H,7H2,(H2,22,23,24,25,26). The van der Waals surface area contributed by atoms with Crippen molar-refractivity contribution in [3.05, 3.63) is 59.9 Å². The summed E-state index contributed by atoms with van der Waals surface area (Å²) in [6.07, 6.45) is 6.55. The summed E-state index contributed by atoms with van der Waals surface area (Å²) in [6.45, 7) is 0.511. The summed E-state index contributed by atoms with van der Waals surface area (Å²) in [5, 5.41) is 10.9. The SMILES string of the molecule is Fc1cc2c(cc1Nc1ncnc3n[nH]c(-c4cccnc4)c13)C=NC2. The Morgan fingerprint density at radius 1 is 1.19 bits per heavy atom. The number of aromatic nitrogens is 5. The number of aromatic amines is 1. The summed E-state index contributed by atoms with van der Waals surface area (Å²) >= 11 is 0. The van der Waals surface area contributed by atoms with E-state index in [-0.39, 0.29) is 5.82 Å². The molecule has 0 unspecified atom stereocenters. The molecule has 0 atom stereocenters. The zero-order valence-electron chi connectivity index (χ0n) is 13.4. The Kier molecular flexibility index (Phi) is 3.21. The highest BCUT2D eigenvalue weighted by Crippen LogP contribution is 2.32. The lowest BCUT2D eigenvalue weighted by Gasteiger charge is -2.10. The molecule has 4 aromatic rings. The van der Waals surface area contributed by atoms with E-state index in [1.807, 2.05) is 12.1 Å². The topological polar surface area (TPSA) is 91.7 Å². The van der Waals surface area contributed by atoms with E-state index >= 15 is 0 Å². The van der Waals surface area contributed by atoms with Crippen LogP contribution >= 0.6 is 0 Å². The van der Waals surface area contributed by atoms with Crippen molar-refractivity contribution in [3.63, 3.8) is 0 Å². The van der Waals surface area contributed by atoms with Gasteiger partial charge in [0.1, 0.15) is 18.0 Å². The van der Waals surface area contributed by atoms with Crippen molar-refractivity contribution in [3.8, 4) is 11.3 Å². The number of hydrogen-bond donors (Lipinski definition) is 2. The minimum absolute atomic E-state index is 0.329. The monoisotopic (exact) mass is 345 g/mol. The third-order valence-electron chi connectivity index (χ3n) is 4.28. The molecule has 3 aromatic heterocycles. The van der Waals surface area contributed by atoms with E-state index in [2.05, 4.69) is 35.5 Å². The molecule has 8 heteroatoms. The smallest absolute Gasteiger partial charge is 0.186 e. The van der Waals surface area contributed by atoms with Gasteiger partial charge in [0.25, 0.3) is 0 Å². The normalized spacial score (nSPS) is 12.5. The summed E-state index contributed by atoms with van der Waals surface area (Å²) in [6, 6.07) is 6.97. The molecular formula is C18H12FN7. The largest absolute Gasteiger partial charge is 0.337 e. The summed E-state index contributed by atoms with van der Waals surface area (Å²) in [4.78, 5) is 16.8. The lowest BCUT2D eigenvalue weighted by atomic mass is 10.1. The molecule has 7 nitrogen and oxygen atoms in total. The summed E-state index contributed by atoms with van der Waals surface area (Å²) in [7, 11) is 0. The molecule has 5 rings (SSSR count). The average Bonchev–Trinajstić information content (AvgIpc) is 3.30. The third kappa shape index (κ3) is 2.31. The second-order valence-electron chi connectivity index (χ2n) is 5.89. The Morgan fingerprint density at radius 2 is 2.15 bits per heavy atom. The van der Waals surface area contributed by atoms with Crippen LogP contribution in [0.4, 0.5) is 15.9 Å². The summed E-state index contributed by atoms with van der Waals surface area (Å²) < 4.78 is 14.5. The molecule has 1 aliphatic heterocycles. The van der Waals surface area contributed by atoms with Gasteiger partial charge in [-0.05, 0) is 35.4 Å². The zero-order chi connectivity index (χ0) is 17.5. The number of rotatable bonds is 3. The number of H-pyrrole nitrogens is 1. The van der Waals surface area contributed by atoms with Crippen LogP contribution in [0.2, 0.25) is 0 Å². The molecule has 0 radical (unpaired) electrons. The van der Waals surface area contributed by atoms with E-state index in [0.29, 0.717) is 29.1 Å².